The topological polar surface area (TPSA) is 80.6 Å². The van der Waals surface area contributed by atoms with Gasteiger partial charge in [0, 0.05) is 16.9 Å². The zero-order valence-electron chi connectivity index (χ0n) is 15.8. The second kappa shape index (κ2) is 8.90. The number of hydrogen-bond donors (Lipinski definition) is 2. The summed E-state index contributed by atoms with van der Waals surface area (Å²) in [7, 11) is 0. The summed E-state index contributed by atoms with van der Waals surface area (Å²) in [6.07, 6.45) is 1.44. The van der Waals surface area contributed by atoms with Crippen LogP contribution in [0.25, 0.3) is 0 Å². The van der Waals surface area contributed by atoms with E-state index in [1.165, 1.54) is 6.26 Å². The van der Waals surface area contributed by atoms with E-state index in [2.05, 4.69) is 24.5 Å². The second-order valence-corrected chi connectivity index (χ2v) is 6.70. The summed E-state index contributed by atoms with van der Waals surface area (Å²) in [5.41, 5.74) is 1.61. The molecular formula is C22H22N2O4. The van der Waals surface area contributed by atoms with Crippen molar-refractivity contribution in [2.75, 3.05) is 17.2 Å². The Bertz CT molecular complexity index is 949. The van der Waals surface area contributed by atoms with E-state index < -0.39 is 0 Å². The van der Waals surface area contributed by atoms with Crippen LogP contribution >= 0.6 is 0 Å². The highest BCUT2D eigenvalue weighted by molar-refractivity contribution is 6.05. The van der Waals surface area contributed by atoms with Crippen molar-refractivity contribution in [3.63, 3.8) is 0 Å². The number of ether oxygens (including phenoxy) is 1. The van der Waals surface area contributed by atoms with E-state index in [4.69, 9.17) is 9.15 Å². The van der Waals surface area contributed by atoms with Gasteiger partial charge in [-0.3, -0.25) is 9.59 Å². The predicted octanol–water partition coefficient (Wildman–Crippen LogP) is 4.82. The molecule has 0 radical (unpaired) electrons. The van der Waals surface area contributed by atoms with Crippen molar-refractivity contribution in [2.24, 2.45) is 5.92 Å². The number of carbonyl (C=O) groups is 2. The summed E-state index contributed by atoms with van der Waals surface area (Å²) in [4.78, 5) is 24.6. The summed E-state index contributed by atoms with van der Waals surface area (Å²) in [6, 6.07) is 17.2. The molecule has 2 N–H and O–H groups in total. The summed E-state index contributed by atoms with van der Waals surface area (Å²) in [5, 5.41) is 5.56. The van der Waals surface area contributed by atoms with Gasteiger partial charge in [-0.1, -0.05) is 26.0 Å². The van der Waals surface area contributed by atoms with Gasteiger partial charge in [0.1, 0.15) is 5.75 Å². The van der Waals surface area contributed by atoms with E-state index in [9.17, 15) is 9.59 Å². The van der Waals surface area contributed by atoms with Crippen LogP contribution in [-0.2, 0) is 0 Å². The first kappa shape index (κ1) is 19.2. The van der Waals surface area contributed by atoms with Gasteiger partial charge in [0.25, 0.3) is 11.8 Å². The van der Waals surface area contributed by atoms with Crippen LogP contribution in [0.4, 0.5) is 11.4 Å². The minimum Gasteiger partial charge on any atom is -0.493 e. The summed E-state index contributed by atoms with van der Waals surface area (Å²) >= 11 is 0. The maximum absolute atomic E-state index is 12.6. The van der Waals surface area contributed by atoms with E-state index in [0.717, 1.165) is 0 Å². The fraction of sp³-hybridized carbons (Fsp3) is 0.182. The van der Waals surface area contributed by atoms with E-state index in [1.54, 1.807) is 54.6 Å². The van der Waals surface area contributed by atoms with Gasteiger partial charge in [0.05, 0.1) is 12.9 Å². The van der Waals surface area contributed by atoms with Crippen LogP contribution in [0.5, 0.6) is 5.75 Å². The number of nitrogens with one attached hydrogen (secondary N) is 2. The Kier molecular flexibility index (Phi) is 6.11. The molecule has 0 aliphatic carbocycles. The molecular weight excluding hydrogens is 356 g/mol. The minimum atomic E-state index is -0.358. The lowest BCUT2D eigenvalue weighted by Gasteiger charge is -2.11. The summed E-state index contributed by atoms with van der Waals surface area (Å²) in [5.74, 6) is 0.651. The van der Waals surface area contributed by atoms with Crippen LogP contribution in [-0.4, -0.2) is 18.4 Å². The van der Waals surface area contributed by atoms with Gasteiger partial charge in [0.15, 0.2) is 5.76 Å². The second-order valence-electron chi connectivity index (χ2n) is 6.70. The molecule has 1 heterocycles. The Morgan fingerprint density at radius 2 is 1.64 bits per heavy atom. The van der Waals surface area contributed by atoms with Crippen LogP contribution < -0.4 is 15.4 Å². The third kappa shape index (κ3) is 5.23. The number of rotatable bonds is 7. The zero-order chi connectivity index (χ0) is 19.9. The molecule has 6 heteroatoms. The zero-order valence-corrected chi connectivity index (χ0v) is 15.8. The molecule has 0 fully saturated rings. The van der Waals surface area contributed by atoms with Gasteiger partial charge in [-0.05, 0) is 54.4 Å². The Hall–Kier alpha value is -3.54. The van der Waals surface area contributed by atoms with Crippen LogP contribution in [0.15, 0.2) is 71.3 Å². The molecule has 0 atom stereocenters. The standard InChI is InChI=1S/C22H22N2O4/c1-15(2)14-28-19-9-3-6-16(12-19)21(25)23-17-7-4-8-18(13-17)24-22(26)20-10-5-11-27-20/h3-13,15H,14H2,1-2H3,(H,23,25)(H,24,26). The monoisotopic (exact) mass is 378 g/mol. The first-order valence-corrected chi connectivity index (χ1v) is 9.00. The van der Waals surface area contributed by atoms with Crippen molar-refractivity contribution in [1.82, 2.24) is 0 Å². The van der Waals surface area contributed by atoms with Gasteiger partial charge in [-0.25, -0.2) is 0 Å². The van der Waals surface area contributed by atoms with Crippen LogP contribution in [0, 0.1) is 5.92 Å². The first-order valence-electron chi connectivity index (χ1n) is 9.00. The predicted molar refractivity (Wildman–Crippen MR) is 108 cm³/mol. The lowest BCUT2D eigenvalue weighted by Crippen LogP contribution is -2.14. The number of anilines is 2. The lowest BCUT2D eigenvalue weighted by molar-refractivity contribution is 0.0995. The normalized spacial score (nSPS) is 10.5. The Morgan fingerprint density at radius 1 is 0.929 bits per heavy atom. The van der Waals surface area contributed by atoms with Crippen LogP contribution in [0.2, 0.25) is 0 Å². The van der Waals surface area contributed by atoms with Gasteiger partial charge in [0.2, 0.25) is 0 Å². The molecule has 0 saturated heterocycles. The van der Waals surface area contributed by atoms with Crippen LogP contribution in [0.1, 0.15) is 34.8 Å². The SMILES string of the molecule is CC(C)COc1cccc(C(=O)Nc2cccc(NC(=O)c3ccco3)c2)c1. The quantitative estimate of drug-likeness (QED) is 0.618. The molecule has 3 aromatic rings. The molecule has 1 aromatic heterocycles. The van der Waals surface area contributed by atoms with Gasteiger partial charge in [-0.2, -0.15) is 0 Å². The van der Waals surface area contributed by atoms with Crippen molar-refractivity contribution in [3.8, 4) is 5.75 Å². The van der Waals surface area contributed by atoms with Gasteiger partial charge >= 0.3 is 0 Å². The molecule has 6 nitrogen and oxygen atoms in total. The molecule has 3 rings (SSSR count). The molecule has 2 amide bonds. The minimum absolute atomic E-state index is 0.215. The molecule has 144 valence electrons. The molecule has 0 bridgehead atoms. The van der Waals surface area contributed by atoms with Crippen molar-refractivity contribution >= 4 is 23.2 Å². The summed E-state index contributed by atoms with van der Waals surface area (Å²) in [6.45, 7) is 4.71. The van der Waals surface area contributed by atoms with E-state index in [0.29, 0.717) is 35.2 Å². The third-order valence-corrected chi connectivity index (χ3v) is 3.80. The average molecular weight is 378 g/mol. The largest absolute Gasteiger partial charge is 0.493 e. The van der Waals surface area contributed by atoms with E-state index in [-0.39, 0.29) is 17.6 Å². The smallest absolute Gasteiger partial charge is 0.291 e. The number of hydrogen-bond acceptors (Lipinski definition) is 4. The third-order valence-electron chi connectivity index (χ3n) is 3.80. The number of carbonyl (C=O) groups excluding carboxylic acids is 2. The fourth-order valence-electron chi connectivity index (χ4n) is 2.47. The molecule has 28 heavy (non-hydrogen) atoms. The molecule has 0 spiro atoms. The van der Waals surface area contributed by atoms with Crippen molar-refractivity contribution in [1.29, 1.82) is 0 Å². The Morgan fingerprint density at radius 3 is 2.32 bits per heavy atom. The highest BCUT2D eigenvalue weighted by Crippen LogP contribution is 2.19. The fourth-order valence-corrected chi connectivity index (χ4v) is 2.47. The molecule has 2 aromatic carbocycles. The number of benzene rings is 2. The average Bonchev–Trinajstić information content (AvgIpc) is 3.22. The van der Waals surface area contributed by atoms with Crippen LogP contribution in [0.3, 0.4) is 0 Å². The van der Waals surface area contributed by atoms with E-state index >= 15 is 0 Å². The van der Waals surface area contributed by atoms with E-state index in [1.807, 2.05) is 6.07 Å². The molecule has 0 unspecified atom stereocenters. The maximum atomic E-state index is 12.6. The van der Waals surface area contributed by atoms with Crippen molar-refractivity contribution in [2.45, 2.75) is 13.8 Å². The van der Waals surface area contributed by atoms with Gasteiger partial charge in [-0.15, -0.1) is 0 Å². The maximum Gasteiger partial charge on any atom is 0.291 e. The Labute approximate surface area is 163 Å². The highest BCUT2D eigenvalue weighted by Gasteiger charge is 2.11. The van der Waals surface area contributed by atoms with Gasteiger partial charge < -0.3 is 19.8 Å². The highest BCUT2D eigenvalue weighted by atomic mass is 16.5. The lowest BCUT2D eigenvalue weighted by atomic mass is 10.2. The Balaban J connectivity index is 1.66. The first-order chi connectivity index (χ1) is 13.5. The summed E-state index contributed by atoms with van der Waals surface area (Å²) < 4.78 is 10.7. The molecule has 0 aliphatic heterocycles. The number of furan rings is 1. The molecule has 0 aliphatic rings. The van der Waals surface area contributed by atoms with Crippen molar-refractivity contribution < 1.29 is 18.7 Å². The van der Waals surface area contributed by atoms with Crippen molar-refractivity contribution in [3.05, 3.63) is 78.3 Å². The number of amides is 2. The molecule has 0 saturated carbocycles.